The number of ether oxygens (including phenoxy) is 1. The second kappa shape index (κ2) is 7.41. The van der Waals surface area contributed by atoms with Crippen LogP contribution in [0.2, 0.25) is 0 Å². The van der Waals surface area contributed by atoms with E-state index in [9.17, 15) is 10.1 Å². The highest BCUT2D eigenvalue weighted by atomic mass is 16.6. The molecule has 2 unspecified atom stereocenters. The van der Waals surface area contributed by atoms with Gasteiger partial charge >= 0.3 is 0 Å². The molecule has 0 amide bonds. The number of hydrogen-bond donors (Lipinski definition) is 1. The number of nitrogens with one attached hydrogen (secondary N) is 1. The smallest absolute Gasteiger partial charge is 0.292 e. The highest BCUT2D eigenvalue weighted by molar-refractivity contribution is 5.65. The molecule has 5 nitrogen and oxygen atoms in total. The molecule has 5 heteroatoms. The zero-order valence-electron chi connectivity index (χ0n) is 12.8. The highest BCUT2D eigenvalue weighted by Crippen LogP contribution is 2.32. The van der Waals surface area contributed by atoms with E-state index >= 15 is 0 Å². The van der Waals surface area contributed by atoms with Crippen LogP contribution in [0.25, 0.3) is 0 Å². The molecule has 2 atom stereocenters. The molecular formula is C16H24N2O3. The zero-order chi connectivity index (χ0) is 15.2. The summed E-state index contributed by atoms with van der Waals surface area (Å²) in [5.74, 6) is 0.621. The van der Waals surface area contributed by atoms with Gasteiger partial charge in [0.2, 0.25) is 0 Å². The van der Waals surface area contributed by atoms with Gasteiger partial charge in [-0.2, -0.15) is 0 Å². The second-order valence-electron chi connectivity index (χ2n) is 5.62. The third kappa shape index (κ3) is 3.73. The van der Waals surface area contributed by atoms with E-state index < -0.39 is 0 Å². The maximum absolute atomic E-state index is 11.1. The fourth-order valence-corrected chi connectivity index (χ4v) is 3.20. The average molecular weight is 292 g/mol. The first kappa shape index (κ1) is 15.8. The first-order valence-corrected chi connectivity index (χ1v) is 7.73. The molecule has 0 heterocycles. The lowest BCUT2D eigenvalue weighted by atomic mass is 9.85. The van der Waals surface area contributed by atoms with Gasteiger partial charge in [-0.05, 0) is 18.8 Å². The van der Waals surface area contributed by atoms with Crippen LogP contribution in [0, 0.1) is 16.0 Å². The average Bonchev–Trinajstić information content (AvgIpc) is 2.52. The Morgan fingerprint density at radius 3 is 2.81 bits per heavy atom. The van der Waals surface area contributed by atoms with Gasteiger partial charge < -0.3 is 10.1 Å². The molecule has 1 saturated carbocycles. The summed E-state index contributed by atoms with van der Waals surface area (Å²) >= 11 is 0. The van der Waals surface area contributed by atoms with Crippen LogP contribution >= 0.6 is 0 Å². The predicted octanol–water partition coefficient (Wildman–Crippen LogP) is 4.12. The molecule has 1 aromatic carbocycles. The molecule has 0 aliphatic heterocycles. The van der Waals surface area contributed by atoms with E-state index in [4.69, 9.17) is 4.74 Å². The van der Waals surface area contributed by atoms with Gasteiger partial charge in [0.15, 0.2) is 0 Å². The molecule has 116 valence electrons. The number of rotatable bonds is 6. The zero-order valence-corrected chi connectivity index (χ0v) is 12.8. The minimum absolute atomic E-state index is 0.106. The number of anilines is 1. The summed E-state index contributed by atoms with van der Waals surface area (Å²) in [6.45, 7) is 2.64. The van der Waals surface area contributed by atoms with Crippen molar-refractivity contribution in [3.8, 4) is 0 Å². The lowest BCUT2D eigenvalue weighted by Crippen LogP contribution is -2.27. The summed E-state index contributed by atoms with van der Waals surface area (Å²) in [4.78, 5) is 10.7. The first-order chi connectivity index (χ1) is 10.2. The maximum Gasteiger partial charge on any atom is 0.292 e. The molecule has 2 rings (SSSR count). The van der Waals surface area contributed by atoms with Gasteiger partial charge in [0.1, 0.15) is 5.69 Å². The Kier molecular flexibility index (Phi) is 5.56. The van der Waals surface area contributed by atoms with Crippen LogP contribution in [0.1, 0.15) is 44.6 Å². The topological polar surface area (TPSA) is 64.4 Å². The molecule has 0 aromatic heterocycles. The van der Waals surface area contributed by atoms with Crippen molar-refractivity contribution in [3.63, 3.8) is 0 Å². The molecule has 0 bridgehead atoms. The number of hydrogen-bond acceptors (Lipinski definition) is 4. The lowest BCUT2D eigenvalue weighted by molar-refractivity contribution is -0.384. The predicted molar refractivity (Wildman–Crippen MR) is 83.5 cm³/mol. The van der Waals surface area contributed by atoms with Crippen LogP contribution in [0.4, 0.5) is 11.4 Å². The molecule has 1 fully saturated rings. The van der Waals surface area contributed by atoms with Gasteiger partial charge in [-0.25, -0.2) is 0 Å². The van der Waals surface area contributed by atoms with E-state index in [0.717, 1.165) is 18.4 Å². The Morgan fingerprint density at radius 2 is 2.14 bits per heavy atom. The number of nitro benzene ring substituents is 1. The van der Waals surface area contributed by atoms with E-state index in [1.807, 2.05) is 6.07 Å². The molecular weight excluding hydrogens is 268 g/mol. The summed E-state index contributed by atoms with van der Waals surface area (Å²) in [7, 11) is 1.71. The SMILES string of the molecule is CCC1CCCCC1OCc1cccc([N+](=O)[O-])c1NC. The van der Waals surface area contributed by atoms with Crippen molar-refractivity contribution in [2.75, 3.05) is 12.4 Å². The monoisotopic (exact) mass is 292 g/mol. The van der Waals surface area contributed by atoms with Gasteiger partial charge in [0.25, 0.3) is 5.69 Å². The largest absolute Gasteiger partial charge is 0.382 e. The fourth-order valence-electron chi connectivity index (χ4n) is 3.20. The van der Waals surface area contributed by atoms with Crippen LogP contribution in [-0.2, 0) is 11.3 Å². The summed E-state index contributed by atoms with van der Waals surface area (Å²) < 4.78 is 6.09. The lowest BCUT2D eigenvalue weighted by Gasteiger charge is -2.31. The number of benzene rings is 1. The highest BCUT2D eigenvalue weighted by Gasteiger charge is 2.25. The van der Waals surface area contributed by atoms with Gasteiger partial charge in [-0.1, -0.05) is 38.3 Å². The van der Waals surface area contributed by atoms with Crippen molar-refractivity contribution in [2.45, 2.75) is 51.7 Å². The fraction of sp³-hybridized carbons (Fsp3) is 0.625. The Hall–Kier alpha value is -1.62. The van der Waals surface area contributed by atoms with Crippen LogP contribution in [0.5, 0.6) is 0 Å². The molecule has 1 aromatic rings. The van der Waals surface area contributed by atoms with Crippen molar-refractivity contribution in [3.05, 3.63) is 33.9 Å². The summed E-state index contributed by atoms with van der Waals surface area (Å²) in [6, 6.07) is 5.13. The van der Waals surface area contributed by atoms with E-state index in [2.05, 4.69) is 12.2 Å². The molecule has 1 aliphatic rings. The Morgan fingerprint density at radius 1 is 1.38 bits per heavy atom. The number of nitro groups is 1. The second-order valence-corrected chi connectivity index (χ2v) is 5.62. The van der Waals surface area contributed by atoms with Crippen LogP contribution in [0.3, 0.4) is 0 Å². The minimum Gasteiger partial charge on any atom is -0.382 e. The van der Waals surface area contributed by atoms with Gasteiger partial charge in [0, 0.05) is 18.7 Å². The molecule has 1 N–H and O–H groups in total. The van der Waals surface area contributed by atoms with Gasteiger partial charge in [-0.3, -0.25) is 10.1 Å². The number of nitrogens with zero attached hydrogens (tertiary/aromatic N) is 1. The number of para-hydroxylation sites is 1. The maximum atomic E-state index is 11.1. The van der Waals surface area contributed by atoms with Crippen molar-refractivity contribution >= 4 is 11.4 Å². The summed E-state index contributed by atoms with van der Waals surface area (Å²) in [6.07, 6.45) is 6.26. The summed E-state index contributed by atoms with van der Waals surface area (Å²) in [5, 5.41) is 14.0. The van der Waals surface area contributed by atoms with Crippen molar-refractivity contribution in [2.24, 2.45) is 5.92 Å². The normalized spacial score (nSPS) is 22.0. The van der Waals surface area contributed by atoms with Crippen LogP contribution in [-0.4, -0.2) is 18.1 Å². The third-order valence-electron chi connectivity index (χ3n) is 4.39. The Bertz CT molecular complexity index is 490. The van der Waals surface area contributed by atoms with Crippen molar-refractivity contribution < 1.29 is 9.66 Å². The minimum atomic E-state index is -0.356. The van der Waals surface area contributed by atoms with E-state index in [0.29, 0.717) is 18.2 Å². The quantitative estimate of drug-likeness (QED) is 0.632. The first-order valence-electron chi connectivity index (χ1n) is 7.73. The molecule has 0 saturated heterocycles. The van der Waals surface area contributed by atoms with Crippen molar-refractivity contribution in [1.29, 1.82) is 0 Å². The van der Waals surface area contributed by atoms with Crippen LogP contribution in [0.15, 0.2) is 18.2 Å². The van der Waals surface area contributed by atoms with Crippen molar-refractivity contribution in [1.82, 2.24) is 0 Å². The van der Waals surface area contributed by atoms with E-state index in [1.54, 1.807) is 13.1 Å². The Labute approximate surface area is 125 Å². The molecule has 21 heavy (non-hydrogen) atoms. The summed E-state index contributed by atoms with van der Waals surface area (Å²) in [5.41, 5.74) is 1.52. The molecule has 1 aliphatic carbocycles. The molecule has 0 spiro atoms. The van der Waals surface area contributed by atoms with Crippen LogP contribution < -0.4 is 5.32 Å². The van der Waals surface area contributed by atoms with Gasteiger partial charge in [0.05, 0.1) is 17.6 Å². The van der Waals surface area contributed by atoms with Gasteiger partial charge in [-0.15, -0.1) is 0 Å². The van der Waals surface area contributed by atoms with E-state index in [-0.39, 0.29) is 16.7 Å². The third-order valence-corrected chi connectivity index (χ3v) is 4.39. The molecule has 0 radical (unpaired) electrons. The van der Waals surface area contributed by atoms with E-state index in [1.165, 1.54) is 25.3 Å². The standard InChI is InChI=1S/C16H24N2O3/c1-3-12-7-4-5-10-15(12)21-11-13-8-6-9-14(18(19)20)16(13)17-2/h6,8-9,12,15,17H,3-5,7,10-11H2,1-2H3. The Balaban J connectivity index is 2.09.